The van der Waals surface area contributed by atoms with E-state index in [0.717, 1.165) is 6.04 Å². The molecule has 2 heteroatoms. The fourth-order valence-corrected chi connectivity index (χ4v) is 2.47. The molecule has 0 aromatic heterocycles. The molecule has 1 heterocycles. The molecule has 2 unspecified atom stereocenters. The van der Waals surface area contributed by atoms with Crippen LogP contribution in [0.25, 0.3) is 0 Å². The van der Waals surface area contributed by atoms with E-state index in [1.165, 1.54) is 38.8 Å². The lowest BCUT2D eigenvalue weighted by molar-refractivity contribution is 0.134. The molecule has 1 aliphatic heterocycles. The summed E-state index contributed by atoms with van der Waals surface area (Å²) in [7, 11) is 0. The third kappa shape index (κ3) is 4.12. The topological polar surface area (TPSA) is 15.3 Å². The maximum Gasteiger partial charge on any atom is 0.0195 e. The second-order valence-corrected chi connectivity index (χ2v) is 5.19. The number of hydrogen-bond acceptors (Lipinski definition) is 2. The zero-order chi connectivity index (χ0) is 11.3. The van der Waals surface area contributed by atoms with Crippen LogP contribution in [0, 0.1) is 0 Å². The summed E-state index contributed by atoms with van der Waals surface area (Å²) >= 11 is 0. The first-order valence-corrected chi connectivity index (χ1v) is 6.64. The number of hydrogen-bond donors (Lipinski definition) is 1. The normalized spacial score (nSPS) is 24.8. The van der Waals surface area contributed by atoms with Gasteiger partial charge < -0.3 is 5.32 Å². The lowest BCUT2D eigenvalue weighted by Gasteiger charge is -2.36. The van der Waals surface area contributed by atoms with Crippen LogP contribution in [0.3, 0.4) is 0 Å². The van der Waals surface area contributed by atoms with Gasteiger partial charge in [0.2, 0.25) is 0 Å². The van der Waals surface area contributed by atoms with Crippen molar-refractivity contribution in [3.8, 4) is 0 Å². The monoisotopic (exact) mass is 212 g/mol. The van der Waals surface area contributed by atoms with Crippen molar-refractivity contribution in [2.24, 2.45) is 0 Å². The molecule has 1 saturated heterocycles. The van der Waals surface area contributed by atoms with E-state index in [2.05, 4.69) is 37.9 Å². The summed E-state index contributed by atoms with van der Waals surface area (Å²) in [6.07, 6.45) is 5.39. The fourth-order valence-electron chi connectivity index (χ4n) is 2.47. The zero-order valence-corrected chi connectivity index (χ0v) is 10.9. The minimum absolute atomic E-state index is 0.670. The molecule has 0 radical (unpaired) electrons. The van der Waals surface area contributed by atoms with E-state index in [1.807, 2.05) is 0 Å². The van der Waals surface area contributed by atoms with Crippen molar-refractivity contribution in [2.75, 3.05) is 13.1 Å². The van der Waals surface area contributed by atoms with Gasteiger partial charge in [0, 0.05) is 24.7 Å². The van der Waals surface area contributed by atoms with E-state index in [9.17, 15) is 0 Å². The third-order valence-corrected chi connectivity index (χ3v) is 3.66. The van der Waals surface area contributed by atoms with Crippen LogP contribution in [-0.2, 0) is 0 Å². The van der Waals surface area contributed by atoms with Crippen molar-refractivity contribution in [2.45, 2.75) is 71.5 Å². The molecule has 0 amide bonds. The molecule has 0 aromatic carbocycles. The Morgan fingerprint density at radius 3 is 2.47 bits per heavy atom. The molecule has 0 saturated carbocycles. The standard InChI is InChI=1S/C13H28N2/c1-5-12(4)15(11(2)3)10-13-8-6-7-9-14-13/h11-14H,5-10H2,1-4H3. The van der Waals surface area contributed by atoms with Crippen molar-refractivity contribution in [1.82, 2.24) is 10.2 Å². The molecular formula is C13H28N2. The van der Waals surface area contributed by atoms with Crippen LogP contribution in [0.5, 0.6) is 0 Å². The summed E-state index contributed by atoms with van der Waals surface area (Å²) in [5.41, 5.74) is 0. The molecule has 1 aliphatic rings. The Morgan fingerprint density at radius 2 is 2.00 bits per heavy atom. The molecule has 2 atom stereocenters. The van der Waals surface area contributed by atoms with Gasteiger partial charge in [0.15, 0.2) is 0 Å². The van der Waals surface area contributed by atoms with Crippen molar-refractivity contribution < 1.29 is 0 Å². The summed E-state index contributed by atoms with van der Waals surface area (Å²) in [4.78, 5) is 2.64. The van der Waals surface area contributed by atoms with E-state index in [0.29, 0.717) is 12.1 Å². The Balaban J connectivity index is 2.42. The second kappa shape index (κ2) is 6.49. The average Bonchev–Trinajstić information content (AvgIpc) is 2.26. The van der Waals surface area contributed by atoms with Gasteiger partial charge in [0.05, 0.1) is 0 Å². The van der Waals surface area contributed by atoms with Gasteiger partial charge in [-0.1, -0.05) is 13.3 Å². The van der Waals surface area contributed by atoms with Crippen LogP contribution < -0.4 is 5.32 Å². The third-order valence-electron chi connectivity index (χ3n) is 3.66. The molecular weight excluding hydrogens is 184 g/mol. The Labute approximate surface area is 95.4 Å². The van der Waals surface area contributed by atoms with Gasteiger partial charge in [-0.05, 0) is 46.6 Å². The second-order valence-electron chi connectivity index (χ2n) is 5.19. The highest BCUT2D eigenvalue weighted by molar-refractivity contribution is 4.80. The first kappa shape index (κ1) is 13.0. The van der Waals surface area contributed by atoms with Crippen LogP contribution in [0.2, 0.25) is 0 Å². The summed E-state index contributed by atoms with van der Waals surface area (Å²) in [6.45, 7) is 11.7. The van der Waals surface area contributed by atoms with Crippen LogP contribution >= 0.6 is 0 Å². The largest absolute Gasteiger partial charge is 0.313 e. The van der Waals surface area contributed by atoms with Crippen LogP contribution in [-0.4, -0.2) is 36.1 Å². The van der Waals surface area contributed by atoms with E-state index in [4.69, 9.17) is 0 Å². The maximum atomic E-state index is 3.64. The average molecular weight is 212 g/mol. The molecule has 15 heavy (non-hydrogen) atoms. The van der Waals surface area contributed by atoms with Crippen molar-refractivity contribution in [1.29, 1.82) is 0 Å². The van der Waals surface area contributed by atoms with E-state index in [1.54, 1.807) is 0 Å². The SMILES string of the molecule is CCC(C)N(CC1CCCCN1)C(C)C. The maximum absolute atomic E-state index is 3.64. The van der Waals surface area contributed by atoms with Gasteiger partial charge in [-0.2, -0.15) is 0 Å². The first-order chi connectivity index (χ1) is 7.15. The predicted octanol–water partition coefficient (Wildman–Crippen LogP) is 2.64. The molecule has 90 valence electrons. The molecule has 1 N–H and O–H groups in total. The first-order valence-electron chi connectivity index (χ1n) is 6.64. The van der Waals surface area contributed by atoms with Crippen LogP contribution in [0.4, 0.5) is 0 Å². The van der Waals surface area contributed by atoms with Gasteiger partial charge in [-0.15, -0.1) is 0 Å². The van der Waals surface area contributed by atoms with Crippen LogP contribution in [0.1, 0.15) is 53.4 Å². The van der Waals surface area contributed by atoms with Crippen molar-refractivity contribution in [3.05, 3.63) is 0 Å². The highest BCUT2D eigenvalue weighted by Crippen LogP contribution is 2.14. The molecule has 0 bridgehead atoms. The Hall–Kier alpha value is -0.0800. The highest BCUT2D eigenvalue weighted by atomic mass is 15.2. The quantitative estimate of drug-likeness (QED) is 0.753. The lowest BCUT2D eigenvalue weighted by Crippen LogP contribution is -2.48. The van der Waals surface area contributed by atoms with Gasteiger partial charge in [-0.25, -0.2) is 0 Å². The summed E-state index contributed by atoms with van der Waals surface area (Å²) < 4.78 is 0. The summed E-state index contributed by atoms with van der Waals surface area (Å²) in [6, 6.07) is 2.12. The van der Waals surface area contributed by atoms with E-state index in [-0.39, 0.29) is 0 Å². The Morgan fingerprint density at radius 1 is 1.27 bits per heavy atom. The van der Waals surface area contributed by atoms with Crippen molar-refractivity contribution in [3.63, 3.8) is 0 Å². The molecule has 2 nitrogen and oxygen atoms in total. The highest BCUT2D eigenvalue weighted by Gasteiger charge is 2.21. The van der Waals surface area contributed by atoms with Gasteiger partial charge in [0.25, 0.3) is 0 Å². The van der Waals surface area contributed by atoms with E-state index < -0.39 is 0 Å². The summed E-state index contributed by atoms with van der Waals surface area (Å²) in [5.74, 6) is 0. The smallest absolute Gasteiger partial charge is 0.0195 e. The minimum atomic E-state index is 0.670. The molecule has 1 fully saturated rings. The van der Waals surface area contributed by atoms with Gasteiger partial charge >= 0.3 is 0 Å². The molecule has 1 rings (SSSR count). The van der Waals surface area contributed by atoms with Crippen molar-refractivity contribution >= 4 is 0 Å². The van der Waals surface area contributed by atoms with Crippen LogP contribution in [0.15, 0.2) is 0 Å². The zero-order valence-electron chi connectivity index (χ0n) is 10.9. The molecule has 0 aromatic rings. The summed E-state index contributed by atoms with van der Waals surface area (Å²) in [5, 5.41) is 3.64. The number of rotatable bonds is 5. The molecule has 0 spiro atoms. The predicted molar refractivity (Wildman–Crippen MR) is 67.2 cm³/mol. The van der Waals surface area contributed by atoms with Gasteiger partial charge in [-0.3, -0.25) is 4.90 Å². The fraction of sp³-hybridized carbons (Fsp3) is 1.00. The number of nitrogens with one attached hydrogen (secondary N) is 1. The Bertz CT molecular complexity index is 162. The number of piperidine rings is 1. The van der Waals surface area contributed by atoms with E-state index >= 15 is 0 Å². The minimum Gasteiger partial charge on any atom is -0.313 e. The van der Waals surface area contributed by atoms with Gasteiger partial charge in [0.1, 0.15) is 0 Å². The number of nitrogens with zero attached hydrogens (tertiary/aromatic N) is 1. The lowest BCUT2D eigenvalue weighted by atomic mass is 10.0. The molecule has 0 aliphatic carbocycles. The Kier molecular flexibility index (Phi) is 5.62.